The van der Waals surface area contributed by atoms with Crippen LogP contribution in [0.3, 0.4) is 0 Å². The minimum Gasteiger partial charge on any atom is -0.457 e. The number of benzene rings is 5. The summed E-state index contributed by atoms with van der Waals surface area (Å²) in [7, 11) is 0. The summed E-state index contributed by atoms with van der Waals surface area (Å²) in [4.78, 5) is 55.7. The van der Waals surface area contributed by atoms with Gasteiger partial charge in [-0.15, -0.1) is 0 Å². The number of fused-ring (bicyclic) bond motifs is 2. The number of rotatable bonds is 12. The van der Waals surface area contributed by atoms with Crippen LogP contribution in [0.15, 0.2) is 109 Å². The average molecular weight is 749 g/mol. The minimum atomic E-state index is -0.584. The standard InChI is InChI=1S/C48H48N2O6/c1-9-46(4,5)50-44(53)39-27-25-37(29-41(39)45(50)54)56-35-22-16-31(17-23-35)47(6,7)30-14-20-34(21-15-30)55-36-24-26-38-40(28-36)43(52)49(42(38)51)33-18-12-32(13-19-33)48(8,10-2)11-3/h12-29H,9-11H2,1-8H3. The Bertz CT molecular complexity index is 2350. The fourth-order valence-corrected chi connectivity index (χ4v) is 7.50. The minimum absolute atomic E-state index is 0.0391. The number of imide groups is 2. The Balaban J connectivity index is 1.01. The molecule has 2 heterocycles. The van der Waals surface area contributed by atoms with E-state index in [1.165, 1.54) is 15.4 Å². The Morgan fingerprint density at radius 3 is 1.30 bits per heavy atom. The number of amides is 4. The summed E-state index contributed by atoms with van der Waals surface area (Å²) < 4.78 is 12.3. The predicted molar refractivity (Wildman–Crippen MR) is 218 cm³/mol. The van der Waals surface area contributed by atoms with Gasteiger partial charge < -0.3 is 9.47 Å². The number of carbonyl (C=O) groups excluding carboxylic acids is 4. The van der Waals surface area contributed by atoms with Crippen molar-refractivity contribution in [1.82, 2.24) is 4.90 Å². The van der Waals surface area contributed by atoms with Gasteiger partial charge in [-0.1, -0.05) is 77.9 Å². The van der Waals surface area contributed by atoms with Crippen LogP contribution in [-0.2, 0) is 10.8 Å². The highest BCUT2D eigenvalue weighted by molar-refractivity contribution is 6.34. The van der Waals surface area contributed by atoms with E-state index in [9.17, 15) is 19.2 Å². The van der Waals surface area contributed by atoms with Crippen molar-refractivity contribution in [2.75, 3.05) is 4.90 Å². The molecule has 0 saturated carbocycles. The quantitative estimate of drug-likeness (QED) is 0.118. The van der Waals surface area contributed by atoms with E-state index in [1.807, 2.05) is 93.6 Å². The smallest absolute Gasteiger partial charge is 0.266 e. The van der Waals surface area contributed by atoms with E-state index in [2.05, 4.69) is 34.6 Å². The van der Waals surface area contributed by atoms with Crippen molar-refractivity contribution in [2.45, 2.75) is 91.0 Å². The van der Waals surface area contributed by atoms with Crippen LogP contribution in [0.4, 0.5) is 5.69 Å². The van der Waals surface area contributed by atoms with E-state index in [0.29, 0.717) is 57.4 Å². The molecule has 0 aromatic heterocycles. The van der Waals surface area contributed by atoms with Crippen molar-refractivity contribution in [3.8, 4) is 23.0 Å². The lowest BCUT2D eigenvalue weighted by Gasteiger charge is -2.32. The summed E-state index contributed by atoms with van der Waals surface area (Å²) in [6, 6.07) is 33.4. The molecule has 2 aliphatic rings. The lowest BCUT2D eigenvalue weighted by atomic mass is 9.78. The molecule has 4 amide bonds. The van der Waals surface area contributed by atoms with Gasteiger partial charge in [0.25, 0.3) is 23.6 Å². The second-order valence-corrected chi connectivity index (χ2v) is 16.2. The Morgan fingerprint density at radius 1 is 0.446 bits per heavy atom. The molecule has 8 heteroatoms. The zero-order valence-electron chi connectivity index (χ0n) is 33.4. The zero-order chi connectivity index (χ0) is 40.2. The Labute approximate surface area is 329 Å². The maximum absolute atomic E-state index is 13.5. The van der Waals surface area contributed by atoms with E-state index in [4.69, 9.17) is 9.47 Å². The topological polar surface area (TPSA) is 93.2 Å². The van der Waals surface area contributed by atoms with E-state index in [1.54, 1.807) is 36.4 Å². The van der Waals surface area contributed by atoms with Crippen LogP contribution in [-0.4, -0.2) is 34.1 Å². The van der Waals surface area contributed by atoms with E-state index < -0.39 is 5.54 Å². The molecule has 5 aromatic carbocycles. The number of carbonyl (C=O) groups is 4. The van der Waals surface area contributed by atoms with Crippen LogP contribution in [0, 0.1) is 0 Å². The Morgan fingerprint density at radius 2 is 0.839 bits per heavy atom. The fourth-order valence-electron chi connectivity index (χ4n) is 7.50. The van der Waals surface area contributed by atoms with Gasteiger partial charge in [-0.2, -0.15) is 0 Å². The molecule has 56 heavy (non-hydrogen) atoms. The highest BCUT2D eigenvalue weighted by Gasteiger charge is 2.43. The summed E-state index contributed by atoms with van der Waals surface area (Å²) in [5.41, 5.74) is 4.39. The van der Waals surface area contributed by atoms with Gasteiger partial charge >= 0.3 is 0 Å². The Hall–Kier alpha value is -6.02. The second-order valence-electron chi connectivity index (χ2n) is 16.2. The predicted octanol–water partition coefficient (Wildman–Crippen LogP) is 11.3. The van der Waals surface area contributed by atoms with Crippen LogP contribution in [0.5, 0.6) is 23.0 Å². The first-order valence-electron chi connectivity index (χ1n) is 19.3. The fraction of sp³-hybridized carbons (Fsp3) is 0.292. The maximum Gasteiger partial charge on any atom is 0.266 e. The molecule has 286 valence electrons. The van der Waals surface area contributed by atoms with Gasteiger partial charge in [0.05, 0.1) is 27.9 Å². The van der Waals surface area contributed by atoms with Crippen molar-refractivity contribution in [1.29, 1.82) is 0 Å². The van der Waals surface area contributed by atoms with Gasteiger partial charge in [0.2, 0.25) is 0 Å². The van der Waals surface area contributed by atoms with Gasteiger partial charge in [-0.25, -0.2) is 4.90 Å². The SMILES string of the molecule is CCC(C)(CC)c1ccc(N2C(=O)c3ccc(Oc4ccc(C(C)(C)c5ccc(Oc6ccc7c(c6)C(=O)N(C(C)(C)CC)C7=O)cc5)cc4)cc3C2=O)cc1. The van der Waals surface area contributed by atoms with Crippen LogP contribution >= 0.6 is 0 Å². The molecule has 2 aliphatic heterocycles. The molecule has 0 unspecified atom stereocenters. The molecule has 0 fully saturated rings. The number of hydrogen-bond donors (Lipinski definition) is 0. The molecule has 0 saturated heterocycles. The van der Waals surface area contributed by atoms with E-state index >= 15 is 0 Å². The van der Waals surface area contributed by atoms with Crippen LogP contribution in [0.25, 0.3) is 0 Å². The highest BCUT2D eigenvalue weighted by atomic mass is 16.5. The maximum atomic E-state index is 13.5. The summed E-state index contributed by atoms with van der Waals surface area (Å²) in [6.45, 7) is 16.6. The molecule has 0 spiro atoms. The van der Waals surface area contributed by atoms with Crippen molar-refractivity contribution in [3.05, 3.63) is 148 Å². The molecule has 8 nitrogen and oxygen atoms in total. The molecule has 0 bridgehead atoms. The lowest BCUT2D eigenvalue weighted by Crippen LogP contribution is -2.47. The second kappa shape index (κ2) is 14.2. The molecular formula is C48H48N2O6. The molecule has 5 aromatic rings. The summed E-state index contributed by atoms with van der Waals surface area (Å²) >= 11 is 0. The first kappa shape index (κ1) is 38.3. The summed E-state index contributed by atoms with van der Waals surface area (Å²) in [6.07, 6.45) is 2.64. The van der Waals surface area contributed by atoms with Gasteiger partial charge in [-0.05, 0) is 128 Å². The van der Waals surface area contributed by atoms with Crippen molar-refractivity contribution in [3.63, 3.8) is 0 Å². The average Bonchev–Trinajstić information content (AvgIpc) is 3.61. The van der Waals surface area contributed by atoms with Crippen molar-refractivity contribution >= 4 is 29.3 Å². The van der Waals surface area contributed by atoms with Crippen LogP contribution < -0.4 is 14.4 Å². The largest absolute Gasteiger partial charge is 0.457 e. The molecule has 0 atom stereocenters. The van der Waals surface area contributed by atoms with Crippen molar-refractivity contribution < 1.29 is 28.7 Å². The third-order valence-electron chi connectivity index (χ3n) is 12.2. The van der Waals surface area contributed by atoms with Crippen LogP contribution in [0.2, 0.25) is 0 Å². The monoisotopic (exact) mass is 748 g/mol. The number of anilines is 1. The van der Waals surface area contributed by atoms with Crippen LogP contribution in [0.1, 0.15) is 133 Å². The zero-order valence-corrected chi connectivity index (χ0v) is 33.4. The van der Waals surface area contributed by atoms with Gasteiger partial charge in [0.15, 0.2) is 0 Å². The highest BCUT2D eigenvalue weighted by Crippen LogP contribution is 2.39. The summed E-state index contributed by atoms with van der Waals surface area (Å²) in [5.74, 6) is 0.871. The molecule has 0 aliphatic carbocycles. The number of nitrogens with zero attached hydrogens (tertiary/aromatic N) is 2. The molecule has 7 rings (SSSR count). The third-order valence-corrected chi connectivity index (χ3v) is 12.2. The lowest BCUT2D eigenvalue weighted by molar-refractivity contribution is 0.0474. The number of ether oxygens (including phenoxy) is 2. The molecule has 0 radical (unpaired) electrons. The third kappa shape index (κ3) is 6.57. The first-order valence-corrected chi connectivity index (χ1v) is 19.3. The van der Waals surface area contributed by atoms with Crippen molar-refractivity contribution in [2.24, 2.45) is 0 Å². The first-order chi connectivity index (χ1) is 26.6. The Kier molecular flexibility index (Phi) is 9.73. The molecule has 0 N–H and O–H groups in total. The molecular weight excluding hydrogens is 701 g/mol. The number of hydrogen-bond acceptors (Lipinski definition) is 6. The summed E-state index contributed by atoms with van der Waals surface area (Å²) in [5, 5.41) is 0. The normalized spacial score (nSPS) is 14.4. The van der Waals surface area contributed by atoms with Gasteiger partial charge in [0.1, 0.15) is 23.0 Å². The van der Waals surface area contributed by atoms with E-state index in [0.717, 1.165) is 24.0 Å². The van der Waals surface area contributed by atoms with Gasteiger partial charge in [-0.3, -0.25) is 24.1 Å². The van der Waals surface area contributed by atoms with E-state index in [-0.39, 0.29) is 34.5 Å². The van der Waals surface area contributed by atoms with Gasteiger partial charge in [0, 0.05) is 11.0 Å².